The summed E-state index contributed by atoms with van der Waals surface area (Å²) in [6.07, 6.45) is 1.73. The number of amides is 1. The van der Waals surface area contributed by atoms with Crippen LogP contribution in [0.4, 0.5) is 5.13 Å². The van der Waals surface area contributed by atoms with E-state index >= 15 is 0 Å². The number of hydrogen-bond donors (Lipinski definition) is 0. The van der Waals surface area contributed by atoms with Gasteiger partial charge in [-0.05, 0) is 47.3 Å². The predicted octanol–water partition coefficient (Wildman–Crippen LogP) is 5.33. The third-order valence-corrected chi connectivity index (χ3v) is 7.18. The van der Waals surface area contributed by atoms with E-state index in [1.165, 1.54) is 0 Å². The zero-order valence-electron chi connectivity index (χ0n) is 17.3. The molecule has 7 heteroatoms. The second-order valence-electron chi connectivity index (χ2n) is 7.62. The summed E-state index contributed by atoms with van der Waals surface area (Å²) in [4.78, 5) is 21.9. The molecular formula is C23H26BrN3O2S. The molecule has 4 rings (SSSR count). The highest BCUT2D eigenvalue weighted by Gasteiger charge is 2.28. The Morgan fingerprint density at radius 3 is 2.70 bits per heavy atom. The van der Waals surface area contributed by atoms with Gasteiger partial charge in [0.1, 0.15) is 5.75 Å². The quantitative estimate of drug-likeness (QED) is 0.471. The first-order chi connectivity index (χ1) is 14.5. The molecule has 3 aromatic rings. The zero-order chi connectivity index (χ0) is 21.1. The Morgan fingerprint density at radius 1 is 1.27 bits per heavy atom. The van der Waals surface area contributed by atoms with Crippen LogP contribution < -0.4 is 9.64 Å². The Bertz CT molecular complexity index is 1020. The van der Waals surface area contributed by atoms with Gasteiger partial charge >= 0.3 is 0 Å². The van der Waals surface area contributed by atoms with Crippen molar-refractivity contribution in [3.8, 4) is 5.75 Å². The first-order valence-corrected chi connectivity index (χ1v) is 11.9. The molecule has 0 saturated carbocycles. The lowest BCUT2D eigenvalue weighted by molar-refractivity contribution is -0.135. The van der Waals surface area contributed by atoms with E-state index in [2.05, 4.69) is 39.0 Å². The highest BCUT2D eigenvalue weighted by atomic mass is 79.9. The lowest BCUT2D eigenvalue weighted by atomic mass is 9.95. The van der Waals surface area contributed by atoms with Crippen molar-refractivity contribution in [2.75, 3.05) is 31.6 Å². The average molecular weight is 488 g/mol. The van der Waals surface area contributed by atoms with Crippen LogP contribution in [0.25, 0.3) is 10.2 Å². The van der Waals surface area contributed by atoms with Crippen LogP contribution in [-0.4, -0.2) is 42.5 Å². The molecule has 30 heavy (non-hydrogen) atoms. The minimum atomic E-state index is 0.0861. The molecule has 1 fully saturated rings. The normalized spacial score (nSPS) is 14.8. The van der Waals surface area contributed by atoms with Gasteiger partial charge in [0.2, 0.25) is 5.91 Å². The largest absolute Gasteiger partial charge is 0.493 e. The van der Waals surface area contributed by atoms with Crippen LogP contribution in [0.2, 0.25) is 0 Å². The first kappa shape index (κ1) is 21.1. The van der Waals surface area contributed by atoms with Crippen LogP contribution in [0.1, 0.15) is 25.3 Å². The fourth-order valence-electron chi connectivity index (χ4n) is 3.88. The van der Waals surface area contributed by atoms with E-state index in [0.29, 0.717) is 13.2 Å². The van der Waals surface area contributed by atoms with Crippen LogP contribution in [0.3, 0.4) is 0 Å². The van der Waals surface area contributed by atoms with Gasteiger partial charge in [0.25, 0.3) is 0 Å². The van der Waals surface area contributed by atoms with Gasteiger partial charge in [0.15, 0.2) is 5.13 Å². The summed E-state index contributed by atoms with van der Waals surface area (Å²) < 4.78 is 7.73. The van der Waals surface area contributed by atoms with E-state index in [1.807, 2.05) is 43.1 Å². The topological polar surface area (TPSA) is 45.7 Å². The van der Waals surface area contributed by atoms with Gasteiger partial charge in [-0.1, -0.05) is 41.7 Å². The Morgan fingerprint density at radius 2 is 2.00 bits per heavy atom. The Kier molecular flexibility index (Phi) is 6.58. The third-order valence-electron chi connectivity index (χ3n) is 5.48. The molecular weight excluding hydrogens is 462 g/mol. The van der Waals surface area contributed by atoms with Crippen molar-refractivity contribution in [2.24, 2.45) is 5.92 Å². The molecule has 0 radical (unpaired) electrons. The fourth-order valence-corrected chi connectivity index (χ4v) is 5.36. The Labute approximate surface area is 189 Å². The third kappa shape index (κ3) is 4.62. The number of carbonyl (C=O) groups is 1. The average Bonchev–Trinajstić information content (AvgIpc) is 3.17. The maximum absolute atomic E-state index is 12.9. The van der Waals surface area contributed by atoms with E-state index in [9.17, 15) is 4.79 Å². The van der Waals surface area contributed by atoms with E-state index in [1.54, 1.807) is 11.3 Å². The van der Waals surface area contributed by atoms with Crippen molar-refractivity contribution in [1.82, 2.24) is 9.88 Å². The molecule has 0 bridgehead atoms. The van der Waals surface area contributed by atoms with Crippen LogP contribution in [0, 0.1) is 5.92 Å². The molecule has 1 aliphatic heterocycles. The van der Waals surface area contributed by atoms with Crippen molar-refractivity contribution >= 4 is 48.5 Å². The second-order valence-corrected chi connectivity index (χ2v) is 9.48. The molecule has 1 aromatic heterocycles. The molecule has 1 aliphatic rings. The number of hydrogen-bond acceptors (Lipinski definition) is 5. The highest BCUT2D eigenvalue weighted by molar-refractivity contribution is 9.10. The molecule has 0 N–H and O–H groups in total. The molecule has 0 aliphatic carbocycles. The number of ether oxygens (including phenoxy) is 1. The predicted molar refractivity (Wildman–Crippen MR) is 126 cm³/mol. The first-order valence-electron chi connectivity index (χ1n) is 10.3. The van der Waals surface area contributed by atoms with E-state index < -0.39 is 0 Å². The molecule has 5 nitrogen and oxygen atoms in total. The number of benzene rings is 2. The van der Waals surface area contributed by atoms with Crippen molar-refractivity contribution in [3.63, 3.8) is 0 Å². The molecule has 2 aromatic carbocycles. The summed E-state index contributed by atoms with van der Waals surface area (Å²) in [7, 11) is 1.91. The smallest absolute Gasteiger partial charge is 0.225 e. The van der Waals surface area contributed by atoms with Gasteiger partial charge in [-0.2, -0.15) is 0 Å². The molecule has 0 atom stereocenters. The molecule has 0 unspecified atom stereocenters. The van der Waals surface area contributed by atoms with E-state index in [4.69, 9.17) is 9.72 Å². The number of anilines is 1. The zero-order valence-corrected chi connectivity index (χ0v) is 19.7. The maximum atomic E-state index is 12.9. The maximum Gasteiger partial charge on any atom is 0.225 e. The summed E-state index contributed by atoms with van der Waals surface area (Å²) in [6.45, 7) is 4.99. The number of nitrogens with zero attached hydrogens (tertiary/aromatic N) is 3. The van der Waals surface area contributed by atoms with Gasteiger partial charge in [0.05, 0.1) is 21.3 Å². The summed E-state index contributed by atoms with van der Waals surface area (Å²) in [5.74, 6) is 1.18. The number of halogens is 1. The standard InChI is InChI=1S/C23H26BrN3O2S/c1-3-29-20-14-21-19(13-18(20)24)25-23(30-21)27-11-9-17(10-12-27)22(28)26(2)15-16-7-5-4-6-8-16/h4-8,13-14,17H,3,9-12,15H2,1-2H3. The number of fused-ring (bicyclic) bond motifs is 1. The highest BCUT2D eigenvalue weighted by Crippen LogP contribution is 2.37. The molecule has 1 saturated heterocycles. The number of rotatable bonds is 6. The summed E-state index contributed by atoms with van der Waals surface area (Å²) >= 11 is 5.26. The molecule has 1 amide bonds. The lowest BCUT2D eigenvalue weighted by Crippen LogP contribution is -2.41. The van der Waals surface area contributed by atoms with Crippen LogP contribution in [0.5, 0.6) is 5.75 Å². The van der Waals surface area contributed by atoms with Gasteiger partial charge < -0.3 is 14.5 Å². The van der Waals surface area contributed by atoms with Crippen LogP contribution in [0.15, 0.2) is 46.9 Å². The van der Waals surface area contributed by atoms with Crippen molar-refractivity contribution in [2.45, 2.75) is 26.3 Å². The van der Waals surface area contributed by atoms with Gasteiger partial charge in [-0.3, -0.25) is 4.79 Å². The lowest BCUT2D eigenvalue weighted by Gasteiger charge is -2.33. The number of aromatic nitrogens is 1. The van der Waals surface area contributed by atoms with E-state index in [0.717, 1.165) is 57.1 Å². The van der Waals surface area contributed by atoms with Crippen LogP contribution in [-0.2, 0) is 11.3 Å². The van der Waals surface area contributed by atoms with Gasteiger partial charge in [-0.25, -0.2) is 4.98 Å². The minimum Gasteiger partial charge on any atom is -0.493 e. The second kappa shape index (κ2) is 9.35. The Balaban J connectivity index is 1.38. The minimum absolute atomic E-state index is 0.0861. The van der Waals surface area contributed by atoms with E-state index in [-0.39, 0.29) is 11.8 Å². The number of thiazole rings is 1. The SMILES string of the molecule is CCOc1cc2sc(N3CCC(C(=O)N(C)Cc4ccccc4)CC3)nc2cc1Br. The summed E-state index contributed by atoms with van der Waals surface area (Å²) in [5, 5.41) is 1.02. The van der Waals surface area contributed by atoms with Gasteiger partial charge in [0, 0.05) is 38.7 Å². The molecule has 2 heterocycles. The fraction of sp³-hybridized carbons (Fsp3) is 0.391. The van der Waals surface area contributed by atoms with Crippen LogP contribution >= 0.6 is 27.3 Å². The molecule has 0 spiro atoms. The Hall–Kier alpha value is -2.12. The molecule has 158 valence electrons. The van der Waals surface area contributed by atoms with Gasteiger partial charge in [-0.15, -0.1) is 0 Å². The summed E-state index contributed by atoms with van der Waals surface area (Å²) in [5.41, 5.74) is 2.14. The number of piperidine rings is 1. The summed E-state index contributed by atoms with van der Waals surface area (Å²) in [6, 6.07) is 14.2. The van der Waals surface area contributed by atoms with Crippen molar-refractivity contribution in [3.05, 3.63) is 52.5 Å². The van der Waals surface area contributed by atoms with Crippen molar-refractivity contribution in [1.29, 1.82) is 0 Å². The monoisotopic (exact) mass is 487 g/mol. The number of carbonyl (C=O) groups excluding carboxylic acids is 1. The van der Waals surface area contributed by atoms with Crippen molar-refractivity contribution < 1.29 is 9.53 Å².